The zero-order valence-electron chi connectivity index (χ0n) is 17.3. The summed E-state index contributed by atoms with van der Waals surface area (Å²) in [6.45, 7) is 8.29. The fraction of sp³-hybridized carbons (Fsp3) is 0.381. The Morgan fingerprint density at radius 1 is 1.23 bits per heavy atom. The Kier molecular flexibility index (Phi) is 4.19. The van der Waals surface area contributed by atoms with Crippen LogP contribution in [-0.2, 0) is 6.54 Å². The van der Waals surface area contributed by atoms with Crippen molar-refractivity contribution in [3.8, 4) is 11.3 Å². The summed E-state index contributed by atoms with van der Waals surface area (Å²) in [6.07, 6.45) is 3.88. The number of carbonyl (C=O) groups is 1. The molecule has 0 aliphatic heterocycles. The first kappa shape index (κ1) is 18.5. The van der Waals surface area contributed by atoms with E-state index in [0.29, 0.717) is 45.4 Å². The molecule has 1 N–H and O–H groups in total. The van der Waals surface area contributed by atoms with E-state index in [4.69, 9.17) is 9.05 Å². The molecule has 4 heterocycles. The standard InChI is InChI=1S/C21H22N6O3/c1-5-27-11(3)15(9-22-27)19-17-14(20(28)24-18-10(2)25-29-12(18)4)8-16(13-6-7-13)23-21(17)30-26-19/h8-9,13H,5-7H2,1-4H3,(H,24,28). The number of aromatic nitrogens is 5. The van der Waals surface area contributed by atoms with Gasteiger partial charge in [-0.2, -0.15) is 5.10 Å². The monoisotopic (exact) mass is 406 g/mol. The first-order valence-corrected chi connectivity index (χ1v) is 10.0. The molecule has 0 saturated heterocycles. The molecule has 0 radical (unpaired) electrons. The quantitative estimate of drug-likeness (QED) is 0.530. The molecule has 9 heteroatoms. The average Bonchev–Trinajstić information content (AvgIpc) is 3.31. The van der Waals surface area contributed by atoms with Crippen LogP contribution in [0.15, 0.2) is 21.3 Å². The summed E-state index contributed by atoms with van der Waals surface area (Å²) >= 11 is 0. The van der Waals surface area contributed by atoms with Crippen LogP contribution >= 0.6 is 0 Å². The highest BCUT2D eigenvalue weighted by molar-refractivity contribution is 6.15. The van der Waals surface area contributed by atoms with E-state index < -0.39 is 0 Å². The van der Waals surface area contributed by atoms with E-state index in [0.717, 1.165) is 36.3 Å². The van der Waals surface area contributed by atoms with Crippen LogP contribution in [0.4, 0.5) is 5.69 Å². The lowest BCUT2D eigenvalue weighted by Crippen LogP contribution is -2.14. The van der Waals surface area contributed by atoms with Crippen LogP contribution in [0.1, 0.15) is 58.9 Å². The summed E-state index contributed by atoms with van der Waals surface area (Å²) in [5, 5.41) is 16.1. The molecule has 9 nitrogen and oxygen atoms in total. The Hall–Kier alpha value is -3.49. The van der Waals surface area contributed by atoms with Gasteiger partial charge in [-0.1, -0.05) is 10.3 Å². The molecule has 1 aliphatic carbocycles. The summed E-state index contributed by atoms with van der Waals surface area (Å²) in [4.78, 5) is 18.0. The van der Waals surface area contributed by atoms with Gasteiger partial charge in [-0.05, 0) is 46.6 Å². The maximum absolute atomic E-state index is 13.4. The minimum Gasteiger partial charge on any atom is -0.359 e. The molecular weight excluding hydrogens is 384 g/mol. The van der Waals surface area contributed by atoms with Crippen LogP contribution < -0.4 is 5.32 Å². The van der Waals surface area contributed by atoms with Gasteiger partial charge < -0.3 is 14.4 Å². The van der Waals surface area contributed by atoms with Gasteiger partial charge in [0.15, 0.2) is 5.76 Å². The van der Waals surface area contributed by atoms with Gasteiger partial charge in [0.05, 0.1) is 17.1 Å². The lowest BCUT2D eigenvalue weighted by Gasteiger charge is -2.08. The fourth-order valence-corrected chi connectivity index (χ4v) is 3.76. The minimum atomic E-state index is -0.274. The SMILES string of the molecule is CCn1ncc(-c2noc3nc(C4CC4)cc(C(=O)Nc4c(C)noc4C)c23)c1C. The Morgan fingerprint density at radius 3 is 2.67 bits per heavy atom. The summed E-state index contributed by atoms with van der Waals surface area (Å²) in [5.74, 6) is 0.640. The number of aryl methyl sites for hydroxylation is 3. The van der Waals surface area contributed by atoms with Gasteiger partial charge in [0.25, 0.3) is 11.6 Å². The number of pyridine rings is 1. The number of fused-ring (bicyclic) bond motifs is 1. The van der Waals surface area contributed by atoms with E-state index in [1.54, 1.807) is 20.0 Å². The highest BCUT2D eigenvalue weighted by Crippen LogP contribution is 2.41. The van der Waals surface area contributed by atoms with Gasteiger partial charge in [-0.15, -0.1) is 0 Å². The third kappa shape index (κ3) is 2.89. The second-order valence-corrected chi connectivity index (χ2v) is 7.69. The van der Waals surface area contributed by atoms with Gasteiger partial charge in [-0.3, -0.25) is 9.48 Å². The van der Waals surface area contributed by atoms with E-state index >= 15 is 0 Å². The Labute approximate surface area is 172 Å². The molecule has 154 valence electrons. The van der Waals surface area contributed by atoms with E-state index in [-0.39, 0.29) is 5.91 Å². The number of carbonyl (C=O) groups excluding carboxylic acids is 1. The topological polar surface area (TPSA) is 112 Å². The van der Waals surface area contributed by atoms with Crippen molar-refractivity contribution in [1.29, 1.82) is 0 Å². The molecule has 30 heavy (non-hydrogen) atoms. The van der Waals surface area contributed by atoms with Crippen molar-refractivity contribution in [1.82, 2.24) is 25.1 Å². The van der Waals surface area contributed by atoms with Crippen LogP contribution in [-0.4, -0.2) is 31.0 Å². The molecule has 0 bridgehead atoms. The number of hydrogen-bond donors (Lipinski definition) is 1. The maximum atomic E-state index is 13.4. The van der Waals surface area contributed by atoms with Crippen molar-refractivity contribution in [2.45, 2.75) is 53.0 Å². The van der Waals surface area contributed by atoms with Gasteiger partial charge in [-0.25, -0.2) is 4.98 Å². The second kappa shape index (κ2) is 6.79. The van der Waals surface area contributed by atoms with Crippen LogP contribution in [0.3, 0.4) is 0 Å². The van der Waals surface area contributed by atoms with Crippen molar-refractivity contribution in [2.24, 2.45) is 0 Å². The number of nitrogens with one attached hydrogen (secondary N) is 1. The van der Waals surface area contributed by atoms with E-state index in [2.05, 4.69) is 25.7 Å². The number of anilines is 1. The predicted octanol–water partition coefficient (Wildman–Crippen LogP) is 4.15. The molecular formula is C21H22N6O3. The first-order valence-electron chi connectivity index (χ1n) is 10.0. The van der Waals surface area contributed by atoms with Crippen LogP contribution in [0.2, 0.25) is 0 Å². The molecule has 4 aromatic heterocycles. The van der Waals surface area contributed by atoms with E-state index in [9.17, 15) is 4.79 Å². The number of rotatable bonds is 5. The molecule has 0 atom stereocenters. The van der Waals surface area contributed by atoms with Gasteiger partial charge in [0.1, 0.15) is 17.1 Å². The predicted molar refractivity (Wildman–Crippen MR) is 109 cm³/mol. The lowest BCUT2D eigenvalue weighted by atomic mass is 10.0. The zero-order valence-corrected chi connectivity index (χ0v) is 17.3. The Bertz CT molecular complexity index is 1260. The highest BCUT2D eigenvalue weighted by Gasteiger charge is 2.30. The second-order valence-electron chi connectivity index (χ2n) is 7.69. The van der Waals surface area contributed by atoms with Gasteiger partial charge in [0, 0.05) is 29.4 Å². The lowest BCUT2D eigenvalue weighted by molar-refractivity contribution is 0.102. The largest absolute Gasteiger partial charge is 0.359 e. The van der Waals surface area contributed by atoms with Crippen molar-refractivity contribution >= 4 is 22.7 Å². The molecule has 0 unspecified atom stereocenters. The molecule has 0 aromatic carbocycles. The fourth-order valence-electron chi connectivity index (χ4n) is 3.76. The zero-order chi connectivity index (χ0) is 21.0. The molecule has 4 aromatic rings. The maximum Gasteiger partial charge on any atom is 0.259 e. The van der Waals surface area contributed by atoms with Crippen LogP contribution in [0, 0.1) is 20.8 Å². The smallest absolute Gasteiger partial charge is 0.259 e. The third-order valence-corrected chi connectivity index (χ3v) is 5.64. The molecule has 5 rings (SSSR count). The molecule has 1 fully saturated rings. The minimum absolute atomic E-state index is 0.274. The Morgan fingerprint density at radius 2 is 2.03 bits per heavy atom. The first-order chi connectivity index (χ1) is 14.5. The van der Waals surface area contributed by atoms with Crippen molar-refractivity contribution in [2.75, 3.05) is 5.32 Å². The third-order valence-electron chi connectivity index (χ3n) is 5.64. The highest BCUT2D eigenvalue weighted by atomic mass is 16.5. The van der Waals surface area contributed by atoms with Crippen LogP contribution in [0.5, 0.6) is 0 Å². The normalized spacial score (nSPS) is 13.9. The van der Waals surface area contributed by atoms with Gasteiger partial charge >= 0.3 is 0 Å². The summed E-state index contributed by atoms with van der Waals surface area (Å²) in [5.41, 5.74) is 5.24. The van der Waals surface area contributed by atoms with E-state index in [1.807, 2.05) is 24.6 Å². The number of amides is 1. The van der Waals surface area contributed by atoms with Crippen LogP contribution in [0.25, 0.3) is 22.4 Å². The summed E-state index contributed by atoms with van der Waals surface area (Å²) < 4.78 is 12.6. The van der Waals surface area contributed by atoms with E-state index in [1.165, 1.54) is 0 Å². The molecule has 1 amide bonds. The number of nitrogens with zero attached hydrogens (tertiary/aromatic N) is 5. The molecule has 0 spiro atoms. The van der Waals surface area contributed by atoms with Gasteiger partial charge in [0.2, 0.25) is 0 Å². The molecule has 1 saturated carbocycles. The summed E-state index contributed by atoms with van der Waals surface area (Å²) in [7, 11) is 0. The van der Waals surface area contributed by atoms with Crippen molar-refractivity contribution in [3.63, 3.8) is 0 Å². The van der Waals surface area contributed by atoms with Crippen molar-refractivity contribution in [3.05, 3.63) is 40.7 Å². The van der Waals surface area contributed by atoms with Crippen molar-refractivity contribution < 1.29 is 13.8 Å². The number of hydrogen-bond acceptors (Lipinski definition) is 7. The Balaban J connectivity index is 1.67. The summed E-state index contributed by atoms with van der Waals surface area (Å²) in [6, 6.07) is 1.85. The molecule has 1 aliphatic rings. The average molecular weight is 406 g/mol.